The van der Waals surface area contributed by atoms with Gasteiger partial charge in [0.15, 0.2) is 0 Å². The second-order valence-corrected chi connectivity index (χ2v) is 2.39. The molecule has 0 aliphatic heterocycles. The summed E-state index contributed by atoms with van der Waals surface area (Å²) in [6.45, 7) is 0. The molecule has 0 saturated carbocycles. The van der Waals surface area contributed by atoms with Crippen molar-refractivity contribution >= 4 is 17.5 Å². The van der Waals surface area contributed by atoms with Gasteiger partial charge in [0.25, 0.3) is 5.91 Å². The van der Waals surface area contributed by atoms with E-state index in [0.717, 1.165) is 0 Å². The predicted octanol–water partition coefficient (Wildman–Crippen LogP) is 1.85. The molecule has 1 radical (unpaired) electrons. The molecule has 1 N–H and O–H groups in total. The van der Waals surface area contributed by atoms with Crippen molar-refractivity contribution in [3.05, 3.63) is 35.4 Å². The predicted molar refractivity (Wildman–Crippen MR) is 43.4 cm³/mol. The highest BCUT2D eigenvalue weighted by molar-refractivity contribution is 6.17. The SMILES string of the molecule is [NH]C(=O)c1ccccc1CCl. The first kappa shape index (κ1) is 8.08. The smallest absolute Gasteiger partial charge is 0.267 e. The molecule has 0 saturated heterocycles. The van der Waals surface area contributed by atoms with Gasteiger partial charge in [-0.05, 0) is 11.6 Å². The molecule has 0 aliphatic carbocycles. The molecule has 1 rings (SSSR count). The summed E-state index contributed by atoms with van der Waals surface area (Å²) in [5.74, 6) is -0.401. The molecule has 0 fully saturated rings. The van der Waals surface area contributed by atoms with Crippen molar-refractivity contribution < 1.29 is 4.79 Å². The molecule has 0 unspecified atom stereocenters. The summed E-state index contributed by atoms with van der Waals surface area (Å²) in [5.41, 5.74) is 7.97. The lowest BCUT2D eigenvalue weighted by Crippen LogP contribution is -2.02. The van der Waals surface area contributed by atoms with Crippen molar-refractivity contribution in [2.24, 2.45) is 0 Å². The van der Waals surface area contributed by atoms with Crippen LogP contribution in [0.4, 0.5) is 0 Å². The van der Waals surface area contributed by atoms with Gasteiger partial charge in [-0.25, -0.2) is 0 Å². The second-order valence-electron chi connectivity index (χ2n) is 2.12. The highest BCUT2D eigenvalue weighted by Crippen LogP contribution is 2.10. The molecule has 1 aromatic rings. The van der Waals surface area contributed by atoms with Crippen molar-refractivity contribution in [2.45, 2.75) is 5.88 Å². The van der Waals surface area contributed by atoms with Crippen LogP contribution in [0.5, 0.6) is 0 Å². The lowest BCUT2D eigenvalue weighted by atomic mass is 10.1. The van der Waals surface area contributed by atoms with Crippen LogP contribution in [-0.2, 0) is 5.88 Å². The number of carbonyl (C=O) groups excluding carboxylic acids is 1. The molecule has 0 aromatic heterocycles. The Morgan fingerprint density at radius 2 is 2.09 bits per heavy atom. The highest BCUT2D eigenvalue weighted by Gasteiger charge is 2.05. The Bertz CT molecular complexity index is 273. The molecule has 0 bridgehead atoms. The van der Waals surface area contributed by atoms with E-state index in [-0.39, 0.29) is 5.88 Å². The number of hydrogen-bond donors (Lipinski definition) is 0. The minimum Gasteiger partial charge on any atom is -0.267 e. The monoisotopic (exact) mass is 168 g/mol. The normalized spacial score (nSPS) is 9.55. The second kappa shape index (κ2) is 3.39. The highest BCUT2D eigenvalue weighted by atomic mass is 35.5. The Hall–Kier alpha value is -1.02. The van der Waals surface area contributed by atoms with E-state index in [0.29, 0.717) is 11.1 Å². The quantitative estimate of drug-likeness (QED) is 0.622. The summed E-state index contributed by atoms with van der Waals surface area (Å²) in [4.78, 5) is 10.6. The van der Waals surface area contributed by atoms with Crippen LogP contribution < -0.4 is 5.73 Å². The van der Waals surface area contributed by atoms with Gasteiger partial charge in [0.2, 0.25) is 0 Å². The number of hydrogen-bond acceptors (Lipinski definition) is 1. The molecule has 0 spiro atoms. The first-order valence-electron chi connectivity index (χ1n) is 3.15. The van der Waals surface area contributed by atoms with Crippen LogP contribution >= 0.6 is 11.6 Å². The van der Waals surface area contributed by atoms with Gasteiger partial charge in [0.05, 0.1) is 0 Å². The summed E-state index contributed by atoms with van der Waals surface area (Å²) in [7, 11) is 0. The molecule has 0 heterocycles. The fourth-order valence-electron chi connectivity index (χ4n) is 0.858. The van der Waals surface area contributed by atoms with Crippen LogP contribution in [0.3, 0.4) is 0 Å². The largest absolute Gasteiger partial charge is 0.270 e. The van der Waals surface area contributed by atoms with Crippen LogP contribution in [0.15, 0.2) is 24.3 Å². The lowest BCUT2D eigenvalue weighted by molar-refractivity contribution is 0.0991. The Balaban J connectivity index is 3.12. The molecular weight excluding hydrogens is 162 g/mol. The average molecular weight is 169 g/mol. The first-order valence-corrected chi connectivity index (χ1v) is 3.69. The minimum absolute atomic E-state index is 0.279. The van der Waals surface area contributed by atoms with E-state index in [2.05, 4.69) is 0 Å². The van der Waals surface area contributed by atoms with Gasteiger partial charge >= 0.3 is 0 Å². The summed E-state index contributed by atoms with van der Waals surface area (Å²) >= 11 is 5.54. The zero-order valence-electron chi connectivity index (χ0n) is 5.80. The van der Waals surface area contributed by atoms with Crippen molar-refractivity contribution in [1.82, 2.24) is 5.73 Å². The Morgan fingerprint density at radius 3 is 2.55 bits per heavy atom. The Morgan fingerprint density at radius 1 is 1.45 bits per heavy atom. The van der Waals surface area contributed by atoms with Gasteiger partial charge in [-0.3, -0.25) is 10.5 Å². The van der Waals surface area contributed by atoms with Gasteiger partial charge in [-0.1, -0.05) is 18.2 Å². The van der Waals surface area contributed by atoms with Crippen LogP contribution in [-0.4, -0.2) is 5.91 Å². The van der Waals surface area contributed by atoms with Gasteiger partial charge in [-0.15, -0.1) is 11.6 Å². The van der Waals surface area contributed by atoms with E-state index < -0.39 is 5.91 Å². The maximum Gasteiger partial charge on any atom is 0.270 e. The molecule has 1 aromatic carbocycles. The van der Waals surface area contributed by atoms with Crippen molar-refractivity contribution in [3.8, 4) is 0 Å². The third-order valence-corrected chi connectivity index (χ3v) is 1.69. The number of alkyl halides is 1. The summed E-state index contributed by atoms with van der Waals surface area (Å²) in [6, 6.07) is 6.86. The lowest BCUT2D eigenvalue weighted by Gasteiger charge is -1.99. The topological polar surface area (TPSA) is 40.9 Å². The molecular formula is C8H7ClNO. The summed E-state index contributed by atoms with van der Waals surface area (Å²) in [5, 5.41) is 0. The molecule has 11 heavy (non-hydrogen) atoms. The van der Waals surface area contributed by atoms with Gasteiger partial charge in [0.1, 0.15) is 0 Å². The zero-order chi connectivity index (χ0) is 8.27. The maximum absolute atomic E-state index is 10.6. The van der Waals surface area contributed by atoms with E-state index in [9.17, 15) is 4.79 Å². The van der Waals surface area contributed by atoms with E-state index in [1.165, 1.54) is 0 Å². The van der Waals surface area contributed by atoms with Crippen LogP contribution in [0.25, 0.3) is 0 Å². The van der Waals surface area contributed by atoms with Crippen LogP contribution in [0.1, 0.15) is 15.9 Å². The Kier molecular flexibility index (Phi) is 2.49. The number of benzene rings is 1. The zero-order valence-corrected chi connectivity index (χ0v) is 6.56. The maximum atomic E-state index is 10.6. The number of rotatable bonds is 2. The third kappa shape index (κ3) is 1.71. The van der Waals surface area contributed by atoms with Crippen LogP contribution in [0, 0.1) is 0 Å². The molecule has 1 amide bonds. The van der Waals surface area contributed by atoms with Crippen molar-refractivity contribution in [2.75, 3.05) is 0 Å². The molecule has 2 nitrogen and oxygen atoms in total. The number of carbonyl (C=O) groups is 1. The van der Waals surface area contributed by atoms with E-state index in [1.807, 2.05) is 0 Å². The number of amides is 1. The van der Waals surface area contributed by atoms with Gasteiger partial charge < -0.3 is 0 Å². The fourth-order valence-corrected chi connectivity index (χ4v) is 1.09. The third-order valence-electron chi connectivity index (χ3n) is 1.41. The molecule has 3 heteroatoms. The average Bonchev–Trinajstić information content (AvgIpc) is 2.04. The van der Waals surface area contributed by atoms with Crippen molar-refractivity contribution in [3.63, 3.8) is 0 Å². The number of nitrogens with one attached hydrogen (secondary N) is 1. The molecule has 0 atom stereocenters. The Labute approximate surface area is 70.0 Å². The van der Waals surface area contributed by atoms with E-state index in [1.54, 1.807) is 24.3 Å². The van der Waals surface area contributed by atoms with E-state index in [4.69, 9.17) is 17.3 Å². The van der Waals surface area contributed by atoms with Gasteiger partial charge in [0, 0.05) is 11.4 Å². The van der Waals surface area contributed by atoms with E-state index >= 15 is 0 Å². The summed E-state index contributed by atoms with van der Waals surface area (Å²) < 4.78 is 0. The van der Waals surface area contributed by atoms with Crippen LogP contribution in [0.2, 0.25) is 0 Å². The summed E-state index contributed by atoms with van der Waals surface area (Å²) in [6.07, 6.45) is 0. The first-order chi connectivity index (χ1) is 5.25. The number of halogens is 1. The fraction of sp³-hybridized carbons (Fsp3) is 0.125. The standard InChI is InChI=1S/C8H7ClNO/c9-5-6-3-1-2-4-7(6)8(10)11/h1-4,10H,5H2. The van der Waals surface area contributed by atoms with Gasteiger partial charge in [-0.2, -0.15) is 0 Å². The molecule has 0 aliphatic rings. The molecule has 57 valence electrons. The minimum atomic E-state index is -0.679. The van der Waals surface area contributed by atoms with Crippen molar-refractivity contribution in [1.29, 1.82) is 0 Å².